The van der Waals surface area contributed by atoms with E-state index in [-0.39, 0.29) is 16.9 Å². The second-order valence-electron chi connectivity index (χ2n) is 4.93. The van der Waals surface area contributed by atoms with Gasteiger partial charge in [0.25, 0.3) is 0 Å². The largest absolute Gasteiger partial charge is 0.433 e. The fraction of sp³-hybridized carbons (Fsp3) is 0.125. The van der Waals surface area contributed by atoms with Crippen LogP contribution in [0, 0.1) is 19.3 Å². The molecule has 3 rings (SSSR count). The van der Waals surface area contributed by atoms with Gasteiger partial charge in [-0.15, -0.1) is 6.42 Å². The third-order valence-corrected chi connectivity index (χ3v) is 3.80. The second-order valence-corrected chi connectivity index (χ2v) is 5.33. The molecule has 0 fully saturated rings. The molecule has 0 amide bonds. The minimum absolute atomic E-state index is 0.00933. The molecule has 0 unspecified atom stereocenters. The van der Waals surface area contributed by atoms with Crippen LogP contribution < -0.4 is 0 Å². The number of rotatable bonds is 1. The van der Waals surface area contributed by atoms with E-state index in [1.54, 1.807) is 25.1 Å². The van der Waals surface area contributed by atoms with Gasteiger partial charge in [-0.1, -0.05) is 23.6 Å². The highest BCUT2D eigenvalue weighted by atomic mass is 35.5. The van der Waals surface area contributed by atoms with E-state index in [9.17, 15) is 13.2 Å². The zero-order valence-corrected chi connectivity index (χ0v) is 12.6. The van der Waals surface area contributed by atoms with Gasteiger partial charge >= 0.3 is 6.18 Å². The Kier molecular flexibility index (Phi) is 3.53. The van der Waals surface area contributed by atoms with Gasteiger partial charge in [0.05, 0.1) is 17.5 Å². The second kappa shape index (κ2) is 5.28. The van der Waals surface area contributed by atoms with Gasteiger partial charge in [0.2, 0.25) is 0 Å². The normalized spacial score (nSPS) is 11.7. The van der Waals surface area contributed by atoms with Gasteiger partial charge in [-0.25, -0.2) is 9.50 Å². The van der Waals surface area contributed by atoms with Crippen molar-refractivity contribution in [3.05, 3.63) is 52.3 Å². The van der Waals surface area contributed by atoms with Crippen molar-refractivity contribution < 1.29 is 13.2 Å². The van der Waals surface area contributed by atoms with Gasteiger partial charge in [0.1, 0.15) is 0 Å². The maximum absolute atomic E-state index is 13.3. The first-order chi connectivity index (χ1) is 10.8. The summed E-state index contributed by atoms with van der Waals surface area (Å²) in [6.45, 7) is 1.76. The number of alkyl halides is 3. The number of aryl methyl sites for hydroxylation is 1. The van der Waals surface area contributed by atoms with Crippen LogP contribution in [-0.2, 0) is 6.18 Å². The van der Waals surface area contributed by atoms with Crippen molar-refractivity contribution in [2.24, 2.45) is 0 Å². The smallest absolute Gasteiger partial charge is 0.227 e. The molecule has 7 heteroatoms. The molecule has 0 saturated carbocycles. The first kappa shape index (κ1) is 15.4. The molecule has 0 saturated heterocycles. The number of fused-ring (bicyclic) bond motifs is 1. The van der Waals surface area contributed by atoms with Crippen molar-refractivity contribution >= 4 is 17.2 Å². The molecule has 0 atom stereocenters. The molecule has 0 aliphatic heterocycles. The molecule has 2 aromatic heterocycles. The Morgan fingerprint density at radius 1 is 1.26 bits per heavy atom. The maximum atomic E-state index is 13.3. The van der Waals surface area contributed by atoms with E-state index in [1.165, 1.54) is 6.20 Å². The van der Waals surface area contributed by atoms with E-state index in [1.807, 2.05) is 0 Å². The summed E-state index contributed by atoms with van der Waals surface area (Å²) in [5, 5.41) is 4.22. The van der Waals surface area contributed by atoms with E-state index in [0.717, 1.165) is 11.6 Å². The average molecular weight is 336 g/mol. The quantitative estimate of drug-likeness (QED) is 0.619. The molecule has 116 valence electrons. The number of benzene rings is 1. The van der Waals surface area contributed by atoms with Crippen LogP contribution in [0.15, 0.2) is 30.5 Å². The lowest BCUT2D eigenvalue weighted by molar-refractivity contribution is -0.142. The summed E-state index contributed by atoms with van der Waals surface area (Å²) >= 11 is 5.96. The van der Waals surface area contributed by atoms with Crippen LogP contribution in [0.25, 0.3) is 16.9 Å². The third kappa shape index (κ3) is 2.64. The number of nitrogens with zero attached hydrogens (tertiary/aromatic N) is 3. The van der Waals surface area contributed by atoms with Crippen LogP contribution in [0.3, 0.4) is 0 Å². The fourth-order valence-corrected chi connectivity index (χ4v) is 2.34. The molecule has 1 aromatic carbocycles. The van der Waals surface area contributed by atoms with E-state index >= 15 is 0 Å². The van der Waals surface area contributed by atoms with Crippen molar-refractivity contribution in [3.8, 4) is 23.6 Å². The first-order valence-corrected chi connectivity index (χ1v) is 6.88. The predicted molar refractivity (Wildman–Crippen MR) is 81.1 cm³/mol. The van der Waals surface area contributed by atoms with Crippen molar-refractivity contribution in [2.75, 3.05) is 0 Å². The lowest BCUT2D eigenvalue weighted by Crippen LogP contribution is -2.13. The molecular weight excluding hydrogens is 327 g/mol. The Hall–Kier alpha value is -2.52. The van der Waals surface area contributed by atoms with Crippen molar-refractivity contribution in [1.82, 2.24) is 14.6 Å². The molecule has 0 spiro atoms. The standard InChI is InChI=1S/C16H9ClF3N3/c1-3-10-8-21-23-14(16(18,19)20)7-13(22-15(10)23)11-4-5-12(17)9(2)6-11/h1,4-8H,2H3. The van der Waals surface area contributed by atoms with Crippen LogP contribution in [0.2, 0.25) is 5.02 Å². The summed E-state index contributed by atoms with van der Waals surface area (Å²) in [5.41, 5.74) is 0.662. The number of hydrogen-bond donors (Lipinski definition) is 0. The first-order valence-electron chi connectivity index (χ1n) is 6.50. The highest BCUT2D eigenvalue weighted by Gasteiger charge is 2.35. The van der Waals surface area contributed by atoms with Crippen LogP contribution >= 0.6 is 11.6 Å². The number of hydrogen-bond acceptors (Lipinski definition) is 2. The van der Waals surface area contributed by atoms with Gasteiger partial charge in [-0.3, -0.25) is 0 Å². The molecule has 0 radical (unpaired) electrons. The number of halogens is 4. The molecule has 0 aliphatic carbocycles. The summed E-state index contributed by atoms with van der Waals surface area (Å²) < 4.78 is 40.6. The van der Waals surface area contributed by atoms with Crippen LogP contribution in [-0.4, -0.2) is 14.6 Å². The molecule has 0 bridgehead atoms. The highest BCUT2D eigenvalue weighted by Crippen LogP contribution is 2.33. The zero-order chi connectivity index (χ0) is 16.8. The molecule has 3 aromatic rings. The molecule has 3 nitrogen and oxygen atoms in total. The average Bonchev–Trinajstić information content (AvgIpc) is 2.91. The van der Waals surface area contributed by atoms with Gasteiger partial charge in [-0.2, -0.15) is 18.3 Å². The molecule has 2 heterocycles. The molecule has 23 heavy (non-hydrogen) atoms. The maximum Gasteiger partial charge on any atom is 0.433 e. The summed E-state index contributed by atoms with van der Waals surface area (Å²) in [6, 6.07) is 5.85. The number of aromatic nitrogens is 3. The molecule has 0 N–H and O–H groups in total. The van der Waals surface area contributed by atoms with Crippen molar-refractivity contribution in [2.45, 2.75) is 13.1 Å². The van der Waals surface area contributed by atoms with Gasteiger partial charge < -0.3 is 0 Å². The summed E-state index contributed by atoms with van der Waals surface area (Å²) in [4.78, 5) is 4.24. The SMILES string of the molecule is C#Cc1cnn2c(C(F)(F)F)cc(-c3ccc(Cl)c(C)c3)nc12. The van der Waals surface area contributed by atoms with Gasteiger partial charge in [-0.05, 0) is 30.7 Å². The zero-order valence-electron chi connectivity index (χ0n) is 11.8. The Morgan fingerprint density at radius 3 is 2.61 bits per heavy atom. The van der Waals surface area contributed by atoms with Crippen molar-refractivity contribution in [1.29, 1.82) is 0 Å². The van der Waals surface area contributed by atoms with E-state index < -0.39 is 11.9 Å². The minimum atomic E-state index is -4.59. The Balaban J connectivity index is 2.33. The molecule has 0 aliphatic rings. The Labute approximate surface area is 134 Å². The minimum Gasteiger partial charge on any atom is -0.227 e. The van der Waals surface area contributed by atoms with Gasteiger partial charge in [0.15, 0.2) is 11.3 Å². The number of terminal acetylenes is 1. The topological polar surface area (TPSA) is 30.2 Å². The lowest BCUT2D eigenvalue weighted by atomic mass is 10.1. The summed E-state index contributed by atoms with van der Waals surface area (Å²) in [7, 11) is 0. The summed E-state index contributed by atoms with van der Waals surface area (Å²) in [6.07, 6.45) is 1.91. The Morgan fingerprint density at radius 2 is 2.00 bits per heavy atom. The van der Waals surface area contributed by atoms with E-state index in [4.69, 9.17) is 18.0 Å². The monoisotopic (exact) mass is 335 g/mol. The van der Waals surface area contributed by atoms with E-state index in [2.05, 4.69) is 16.0 Å². The van der Waals surface area contributed by atoms with Crippen LogP contribution in [0.1, 0.15) is 16.8 Å². The van der Waals surface area contributed by atoms with E-state index in [0.29, 0.717) is 15.1 Å². The highest BCUT2D eigenvalue weighted by molar-refractivity contribution is 6.31. The molecular formula is C16H9ClF3N3. The Bertz CT molecular complexity index is 952. The fourth-order valence-electron chi connectivity index (χ4n) is 2.22. The summed E-state index contributed by atoms with van der Waals surface area (Å²) in [5.74, 6) is 2.29. The predicted octanol–water partition coefficient (Wildman–Crippen LogP) is 4.36. The van der Waals surface area contributed by atoms with Crippen LogP contribution in [0.4, 0.5) is 13.2 Å². The van der Waals surface area contributed by atoms with Gasteiger partial charge in [0, 0.05) is 10.6 Å². The van der Waals surface area contributed by atoms with Crippen molar-refractivity contribution in [3.63, 3.8) is 0 Å². The lowest BCUT2D eigenvalue weighted by Gasteiger charge is -2.11. The third-order valence-electron chi connectivity index (χ3n) is 3.37. The van der Waals surface area contributed by atoms with Crippen LogP contribution in [0.5, 0.6) is 0 Å².